The molecule has 1 rings (SSSR count). The minimum absolute atomic E-state index is 0.318. The van der Waals surface area contributed by atoms with Crippen LogP contribution in [0.2, 0.25) is 0 Å². The molecule has 3 nitrogen and oxygen atoms in total. The van der Waals surface area contributed by atoms with E-state index in [1.54, 1.807) is 0 Å². The number of hydrogen-bond acceptors (Lipinski definition) is 3. The fourth-order valence-electron chi connectivity index (χ4n) is 1.86. The van der Waals surface area contributed by atoms with Crippen LogP contribution in [-0.2, 0) is 9.53 Å². The highest BCUT2D eigenvalue weighted by atomic mass is 19.3. The number of carbonyl (C=O) groups excluding carboxylic acids is 1. The lowest BCUT2D eigenvalue weighted by Gasteiger charge is -2.18. The highest BCUT2D eigenvalue weighted by molar-refractivity contribution is 5.79. The second-order valence-electron chi connectivity index (χ2n) is 4.24. The van der Waals surface area contributed by atoms with Gasteiger partial charge in [0.2, 0.25) is 0 Å². The topological polar surface area (TPSA) is 38.3 Å². The summed E-state index contributed by atoms with van der Waals surface area (Å²) >= 11 is 0. The normalized spacial score (nSPS) is 25.5. The SMILES string of the molecule is CCCC(CC)NCC1CC(F)(F)C(=O)O1. The van der Waals surface area contributed by atoms with E-state index in [2.05, 4.69) is 17.0 Å². The van der Waals surface area contributed by atoms with Crippen LogP contribution in [0.5, 0.6) is 0 Å². The van der Waals surface area contributed by atoms with Gasteiger partial charge < -0.3 is 10.1 Å². The highest BCUT2D eigenvalue weighted by Crippen LogP contribution is 2.30. The van der Waals surface area contributed by atoms with Crippen molar-refractivity contribution in [3.05, 3.63) is 0 Å². The number of rotatable bonds is 6. The van der Waals surface area contributed by atoms with Crippen LogP contribution in [0.15, 0.2) is 0 Å². The third-order valence-electron chi connectivity index (χ3n) is 2.82. The molecule has 0 radical (unpaired) electrons. The number of carbonyl (C=O) groups is 1. The molecule has 16 heavy (non-hydrogen) atoms. The quantitative estimate of drug-likeness (QED) is 0.716. The van der Waals surface area contributed by atoms with Crippen LogP contribution in [0, 0.1) is 0 Å². The van der Waals surface area contributed by atoms with E-state index < -0.39 is 24.4 Å². The van der Waals surface area contributed by atoms with E-state index in [4.69, 9.17) is 0 Å². The van der Waals surface area contributed by atoms with Gasteiger partial charge in [-0.2, -0.15) is 8.78 Å². The molecule has 0 bridgehead atoms. The molecule has 0 amide bonds. The van der Waals surface area contributed by atoms with Crippen LogP contribution < -0.4 is 5.32 Å². The summed E-state index contributed by atoms with van der Waals surface area (Å²) in [6.07, 6.45) is 1.82. The highest BCUT2D eigenvalue weighted by Gasteiger charge is 2.50. The largest absolute Gasteiger partial charge is 0.456 e. The van der Waals surface area contributed by atoms with Crippen LogP contribution in [0.3, 0.4) is 0 Å². The molecular formula is C11H19F2NO2. The minimum atomic E-state index is -3.29. The molecule has 0 spiro atoms. The molecule has 1 aliphatic rings. The van der Waals surface area contributed by atoms with E-state index in [1.165, 1.54) is 0 Å². The van der Waals surface area contributed by atoms with E-state index in [-0.39, 0.29) is 0 Å². The molecule has 0 aromatic rings. The van der Waals surface area contributed by atoms with Gasteiger partial charge in [-0.1, -0.05) is 20.3 Å². The molecule has 1 aliphatic heterocycles. The van der Waals surface area contributed by atoms with Gasteiger partial charge in [0, 0.05) is 12.6 Å². The Bertz CT molecular complexity index is 246. The van der Waals surface area contributed by atoms with Crippen molar-refractivity contribution >= 4 is 5.97 Å². The molecule has 5 heteroatoms. The number of ether oxygens (including phenoxy) is 1. The zero-order valence-corrected chi connectivity index (χ0v) is 9.76. The van der Waals surface area contributed by atoms with E-state index in [0.717, 1.165) is 19.3 Å². The summed E-state index contributed by atoms with van der Waals surface area (Å²) in [5, 5.41) is 3.16. The number of alkyl halides is 2. The zero-order valence-electron chi connectivity index (χ0n) is 9.76. The maximum absolute atomic E-state index is 12.8. The molecule has 0 aliphatic carbocycles. The van der Waals surface area contributed by atoms with E-state index in [0.29, 0.717) is 12.6 Å². The van der Waals surface area contributed by atoms with Gasteiger partial charge in [0.05, 0.1) is 6.42 Å². The average Bonchev–Trinajstić information content (AvgIpc) is 2.47. The van der Waals surface area contributed by atoms with Crippen molar-refractivity contribution in [3.8, 4) is 0 Å². The predicted molar refractivity (Wildman–Crippen MR) is 56.4 cm³/mol. The van der Waals surface area contributed by atoms with Gasteiger partial charge in [-0.05, 0) is 12.8 Å². The van der Waals surface area contributed by atoms with Crippen molar-refractivity contribution in [2.24, 2.45) is 0 Å². The Morgan fingerprint density at radius 1 is 1.56 bits per heavy atom. The summed E-state index contributed by atoms with van der Waals surface area (Å²) in [7, 11) is 0. The van der Waals surface area contributed by atoms with Crippen LogP contribution in [0.1, 0.15) is 39.5 Å². The van der Waals surface area contributed by atoms with E-state index in [1.807, 2.05) is 6.92 Å². The second-order valence-corrected chi connectivity index (χ2v) is 4.24. The van der Waals surface area contributed by atoms with Gasteiger partial charge in [0.15, 0.2) is 0 Å². The first kappa shape index (κ1) is 13.4. The van der Waals surface area contributed by atoms with E-state index >= 15 is 0 Å². The van der Waals surface area contributed by atoms with Crippen molar-refractivity contribution < 1.29 is 18.3 Å². The maximum atomic E-state index is 12.8. The van der Waals surface area contributed by atoms with Crippen molar-refractivity contribution in [2.45, 2.75) is 57.6 Å². The van der Waals surface area contributed by atoms with Gasteiger partial charge in [0.25, 0.3) is 0 Å². The number of hydrogen-bond donors (Lipinski definition) is 1. The average molecular weight is 235 g/mol. The predicted octanol–water partition coefficient (Wildman–Crippen LogP) is 2.11. The Morgan fingerprint density at radius 2 is 2.25 bits per heavy atom. The molecule has 1 N–H and O–H groups in total. The molecule has 94 valence electrons. The lowest BCUT2D eigenvalue weighted by atomic mass is 10.1. The van der Waals surface area contributed by atoms with Crippen LogP contribution >= 0.6 is 0 Å². The van der Waals surface area contributed by atoms with Gasteiger partial charge in [-0.25, -0.2) is 4.79 Å². The Kier molecular flexibility index (Phi) is 4.65. The fraction of sp³-hybridized carbons (Fsp3) is 0.909. The molecule has 2 unspecified atom stereocenters. The van der Waals surface area contributed by atoms with Crippen LogP contribution in [0.4, 0.5) is 8.78 Å². The minimum Gasteiger partial charge on any atom is -0.456 e. The summed E-state index contributed by atoms with van der Waals surface area (Å²) in [6.45, 7) is 4.44. The van der Waals surface area contributed by atoms with Gasteiger partial charge in [-0.15, -0.1) is 0 Å². The standard InChI is InChI=1S/C11H19F2NO2/c1-3-5-8(4-2)14-7-9-6-11(12,13)10(15)16-9/h8-9,14H,3-7H2,1-2H3. The smallest absolute Gasteiger partial charge is 0.377 e. The van der Waals surface area contributed by atoms with Crippen molar-refractivity contribution in [2.75, 3.05) is 6.54 Å². The molecule has 0 saturated carbocycles. The lowest BCUT2D eigenvalue weighted by molar-refractivity contribution is -0.159. The summed E-state index contributed by atoms with van der Waals surface area (Å²) in [5.74, 6) is -4.68. The van der Waals surface area contributed by atoms with Crippen LogP contribution in [0.25, 0.3) is 0 Å². The Balaban J connectivity index is 2.31. The van der Waals surface area contributed by atoms with Crippen LogP contribution in [-0.4, -0.2) is 30.6 Å². The van der Waals surface area contributed by atoms with E-state index in [9.17, 15) is 13.6 Å². The lowest BCUT2D eigenvalue weighted by Crippen LogP contribution is -2.35. The zero-order chi connectivity index (χ0) is 12.2. The second kappa shape index (κ2) is 5.57. The first-order valence-electron chi connectivity index (χ1n) is 5.81. The Hall–Kier alpha value is -0.710. The maximum Gasteiger partial charge on any atom is 0.377 e. The molecule has 0 aromatic heterocycles. The first-order chi connectivity index (χ1) is 7.49. The first-order valence-corrected chi connectivity index (χ1v) is 5.81. The Labute approximate surface area is 94.5 Å². The third-order valence-corrected chi connectivity index (χ3v) is 2.82. The molecule has 1 saturated heterocycles. The third kappa shape index (κ3) is 3.40. The summed E-state index contributed by atoms with van der Waals surface area (Å²) in [5.41, 5.74) is 0. The Morgan fingerprint density at radius 3 is 2.69 bits per heavy atom. The monoisotopic (exact) mass is 235 g/mol. The number of cyclic esters (lactones) is 1. The van der Waals surface area contributed by atoms with Gasteiger partial charge in [0.1, 0.15) is 6.10 Å². The number of nitrogens with one attached hydrogen (secondary N) is 1. The van der Waals surface area contributed by atoms with Gasteiger partial charge >= 0.3 is 11.9 Å². The van der Waals surface area contributed by atoms with Gasteiger partial charge in [-0.3, -0.25) is 0 Å². The summed E-state index contributed by atoms with van der Waals surface area (Å²) in [4.78, 5) is 10.7. The molecular weight excluding hydrogens is 216 g/mol. The van der Waals surface area contributed by atoms with Crippen molar-refractivity contribution in [1.82, 2.24) is 5.32 Å². The number of halogens is 2. The fourth-order valence-corrected chi connectivity index (χ4v) is 1.86. The molecule has 0 aromatic carbocycles. The molecule has 1 heterocycles. The van der Waals surface area contributed by atoms with Crippen molar-refractivity contribution in [1.29, 1.82) is 0 Å². The summed E-state index contributed by atoms with van der Waals surface area (Å²) in [6, 6.07) is 0.318. The molecule has 1 fully saturated rings. The number of esters is 1. The molecule has 2 atom stereocenters. The summed E-state index contributed by atoms with van der Waals surface area (Å²) < 4.78 is 30.3. The van der Waals surface area contributed by atoms with Crippen molar-refractivity contribution in [3.63, 3.8) is 0 Å².